The van der Waals surface area contributed by atoms with Crippen LogP contribution in [0.25, 0.3) is 65.3 Å². The molecule has 0 bridgehead atoms. The summed E-state index contributed by atoms with van der Waals surface area (Å²) in [5.74, 6) is 0. The van der Waals surface area contributed by atoms with Crippen LogP contribution in [0.5, 0.6) is 0 Å². The lowest BCUT2D eigenvalue weighted by molar-refractivity contribution is 1.28. The van der Waals surface area contributed by atoms with E-state index < -0.39 is 0 Å². The minimum atomic E-state index is 1.13. The number of hydrogen-bond donors (Lipinski definition) is 0. The van der Waals surface area contributed by atoms with Gasteiger partial charge in [0, 0.05) is 17.1 Å². The molecule has 0 N–H and O–H groups in total. The average molecular weight is 598 g/mol. The third kappa shape index (κ3) is 4.81. The second-order valence-electron chi connectivity index (χ2n) is 12.2. The van der Waals surface area contributed by atoms with Crippen LogP contribution in [0.15, 0.2) is 188 Å². The molecule has 1 heteroatoms. The van der Waals surface area contributed by atoms with Crippen molar-refractivity contribution >= 4 is 60.2 Å². The molecule has 0 unspecified atom stereocenters. The molecule has 47 heavy (non-hydrogen) atoms. The molecule has 1 nitrogen and oxygen atoms in total. The van der Waals surface area contributed by atoms with Crippen LogP contribution in [0.4, 0.5) is 17.1 Å². The van der Waals surface area contributed by atoms with Gasteiger partial charge in [0.25, 0.3) is 0 Å². The number of anilines is 3. The maximum absolute atomic E-state index is 2.37. The molecule has 0 radical (unpaired) electrons. The predicted octanol–water partition coefficient (Wildman–Crippen LogP) is 13.1. The van der Waals surface area contributed by atoms with Crippen molar-refractivity contribution in [2.75, 3.05) is 4.90 Å². The molecule has 0 aliphatic heterocycles. The Hall–Kier alpha value is -6.18. The molecule has 0 aliphatic rings. The SMILES string of the molecule is c1ccc(N(c2ccccc2)c2ccc(-c3ccc4ccc(-c5ccc6c7ccccc7c7ccccc7c6c5)cc4c3)cc2)cc1. The van der Waals surface area contributed by atoms with Gasteiger partial charge in [0.1, 0.15) is 0 Å². The van der Waals surface area contributed by atoms with Gasteiger partial charge in [-0.25, -0.2) is 0 Å². The highest BCUT2D eigenvalue weighted by Crippen LogP contribution is 2.39. The van der Waals surface area contributed by atoms with Crippen LogP contribution >= 0.6 is 0 Å². The first kappa shape index (κ1) is 27.2. The summed E-state index contributed by atoms with van der Waals surface area (Å²) in [7, 11) is 0. The van der Waals surface area contributed by atoms with Gasteiger partial charge in [-0.1, -0.05) is 133 Å². The van der Waals surface area contributed by atoms with Gasteiger partial charge in [0.2, 0.25) is 0 Å². The molecular weight excluding hydrogens is 567 g/mol. The zero-order valence-corrected chi connectivity index (χ0v) is 25.8. The number of fused-ring (bicyclic) bond motifs is 7. The van der Waals surface area contributed by atoms with Crippen molar-refractivity contribution in [3.8, 4) is 22.3 Å². The largest absolute Gasteiger partial charge is 0.311 e. The van der Waals surface area contributed by atoms with Gasteiger partial charge in [0.15, 0.2) is 0 Å². The maximum atomic E-state index is 2.37. The van der Waals surface area contributed by atoms with E-state index in [1.54, 1.807) is 0 Å². The summed E-state index contributed by atoms with van der Waals surface area (Å²) in [4.78, 5) is 2.30. The molecule has 9 aromatic carbocycles. The molecule has 220 valence electrons. The van der Waals surface area contributed by atoms with Crippen LogP contribution in [-0.2, 0) is 0 Å². The third-order valence-corrected chi connectivity index (χ3v) is 9.41. The lowest BCUT2D eigenvalue weighted by atomic mass is 9.91. The molecule has 0 spiro atoms. The van der Waals surface area contributed by atoms with Crippen molar-refractivity contribution in [2.24, 2.45) is 0 Å². The first-order valence-corrected chi connectivity index (χ1v) is 16.2. The molecule has 0 fully saturated rings. The lowest BCUT2D eigenvalue weighted by Crippen LogP contribution is -2.09. The van der Waals surface area contributed by atoms with E-state index >= 15 is 0 Å². The van der Waals surface area contributed by atoms with E-state index in [4.69, 9.17) is 0 Å². The van der Waals surface area contributed by atoms with Gasteiger partial charge >= 0.3 is 0 Å². The van der Waals surface area contributed by atoms with Gasteiger partial charge in [-0.2, -0.15) is 0 Å². The molecule has 9 aromatic rings. The molecular formula is C46H31N. The molecule has 0 heterocycles. The second kappa shape index (κ2) is 11.3. The van der Waals surface area contributed by atoms with E-state index in [0.29, 0.717) is 0 Å². The van der Waals surface area contributed by atoms with E-state index in [2.05, 4.69) is 193 Å². The van der Waals surface area contributed by atoms with Crippen LogP contribution in [0.1, 0.15) is 0 Å². The summed E-state index contributed by atoms with van der Waals surface area (Å²) >= 11 is 0. The summed E-state index contributed by atoms with van der Waals surface area (Å²) in [5, 5.41) is 10.3. The molecule has 0 atom stereocenters. The Morgan fingerprint density at radius 2 is 0.617 bits per heavy atom. The maximum Gasteiger partial charge on any atom is 0.0462 e. The topological polar surface area (TPSA) is 3.24 Å². The Balaban J connectivity index is 1.10. The number of hydrogen-bond acceptors (Lipinski definition) is 1. The minimum Gasteiger partial charge on any atom is -0.311 e. The van der Waals surface area contributed by atoms with Gasteiger partial charge in [-0.3, -0.25) is 0 Å². The Morgan fingerprint density at radius 3 is 1.17 bits per heavy atom. The highest BCUT2D eigenvalue weighted by molar-refractivity contribution is 6.25. The van der Waals surface area contributed by atoms with E-state index in [1.165, 1.54) is 65.3 Å². The summed E-state index contributed by atoms with van der Waals surface area (Å²) in [6.45, 7) is 0. The zero-order chi connectivity index (χ0) is 31.2. The Kier molecular flexibility index (Phi) is 6.54. The van der Waals surface area contributed by atoms with E-state index in [9.17, 15) is 0 Å². The number of nitrogens with zero attached hydrogens (tertiary/aromatic N) is 1. The van der Waals surface area contributed by atoms with Gasteiger partial charge in [-0.05, 0) is 120 Å². The highest BCUT2D eigenvalue weighted by Gasteiger charge is 2.13. The molecule has 0 aliphatic carbocycles. The van der Waals surface area contributed by atoms with Crippen LogP contribution < -0.4 is 4.90 Å². The Bertz CT molecular complexity index is 2470. The minimum absolute atomic E-state index is 1.13. The van der Waals surface area contributed by atoms with Crippen LogP contribution in [0, 0.1) is 0 Å². The summed E-state index contributed by atoms with van der Waals surface area (Å²) in [6, 6.07) is 68.1. The van der Waals surface area contributed by atoms with Crippen LogP contribution in [0.2, 0.25) is 0 Å². The number of rotatable bonds is 5. The molecule has 0 amide bonds. The Labute approximate surface area is 274 Å². The van der Waals surface area contributed by atoms with Crippen molar-refractivity contribution in [3.05, 3.63) is 188 Å². The average Bonchev–Trinajstić information content (AvgIpc) is 3.15. The fourth-order valence-corrected chi connectivity index (χ4v) is 7.10. The standard InChI is InChI=1S/C46H31N/c1-3-11-38(12-4-1)47(39-13-5-2-6-14-39)40-26-23-32(24-27-40)34-21-19-33-20-22-35(30-37(33)29-34)36-25-28-45-43-17-8-7-15-41(43)42-16-9-10-18-44(42)46(45)31-36/h1-31H. The zero-order valence-electron chi connectivity index (χ0n) is 25.8. The van der Waals surface area contributed by atoms with Gasteiger partial charge in [0.05, 0.1) is 0 Å². The Morgan fingerprint density at radius 1 is 0.234 bits per heavy atom. The molecule has 9 rings (SSSR count). The van der Waals surface area contributed by atoms with Crippen molar-refractivity contribution in [1.29, 1.82) is 0 Å². The normalized spacial score (nSPS) is 11.4. The van der Waals surface area contributed by atoms with Gasteiger partial charge in [-0.15, -0.1) is 0 Å². The third-order valence-electron chi connectivity index (χ3n) is 9.41. The van der Waals surface area contributed by atoms with Crippen LogP contribution in [0.3, 0.4) is 0 Å². The van der Waals surface area contributed by atoms with E-state index in [1.807, 2.05) is 0 Å². The first-order valence-electron chi connectivity index (χ1n) is 16.2. The predicted molar refractivity (Wildman–Crippen MR) is 202 cm³/mol. The fourth-order valence-electron chi connectivity index (χ4n) is 7.10. The molecule has 0 saturated heterocycles. The van der Waals surface area contributed by atoms with Crippen molar-refractivity contribution in [2.45, 2.75) is 0 Å². The monoisotopic (exact) mass is 597 g/mol. The smallest absolute Gasteiger partial charge is 0.0462 e. The van der Waals surface area contributed by atoms with Crippen LogP contribution in [-0.4, -0.2) is 0 Å². The van der Waals surface area contributed by atoms with E-state index in [0.717, 1.165) is 17.1 Å². The quantitative estimate of drug-likeness (QED) is 0.178. The second-order valence-corrected chi connectivity index (χ2v) is 12.2. The van der Waals surface area contributed by atoms with Gasteiger partial charge < -0.3 is 4.90 Å². The fraction of sp³-hybridized carbons (Fsp3) is 0. The number of para-hydroxylation sites is 2. The summed E-state index contributed by atoms with van der Waals surface area (Å²) in [5.41, 5.74) is 8.28. The summed E-state index contributed by atoms with van der Waals surface area (Å²) in [6.07, 6.45) is 0. The van der Waals surface area contributed by atoms with Crippen molar-refractivity contribution < 1.29 is 0 Å². The van der Waals surface area contributed by atoms with Crippen molar-refractivity contribution in [1.82, 2.24) is 0 Å². The highest BCUT2D eigenvalue weighted by atomic mass is 15.1. The van der Waals surface area contributed by atoms with E-state index in [-0.39, 0.29) is 0 Å². The number of benzene rings is 9. The van der Waals surface area contributed by atoms with Crippen molar-refractivity contribution in [3.63, 3.8) is 0 Å². The first-order chi connectivity index (χ1) is 23.3. The summed E-state index contributed by atoms with van der Waals surface area (Å²) < 4.78 is 0. The molecule has 0 aromatic heterocycles. The molecule has 0 saturated carbocycles. The lowest BCUT2D eigenvalue weighted by Gasteiger charge is -2.25.